The Hall–Kier alpha value is -4.94. The van der Waals surface area contributed by atoms with E-state index >= 15 is 0 Å². The Morgan fingerprint density at radius 1 is 0.712 bits per heavy atom. The number of carbonyl (C=O) groups excluding carboxylic acids is 6. The molecule has 2 saturated heterocycles. The Labute approximate surface area is 297 Å². The maximum atomic E-state index is 13.5. The molecule has 284 valence electrons. The lowest BCUT2D eigenvalue weighted by Gasteiger charge is -2.46. The molecule has 0 spiro atoms. The highest BCUT2D eigenvalue weighted by atomic mass is 16.8. The van der Waals surface area contributed by atoms with Crippen molar-refractivity contribution in [1.82, 2.24) is 0 Å². The van der Waals surface area contributed by atoms with Crippen molar-refractivity contribution in [2.24, 2.45) is 11.8 Å². The fraction of sp³-hybridized carbons (Fsp3) is 0.588. The number of methoxy groups -OCH3 is 2. The highest BCUT2D eigenvalue weighted by Crippen LogP contribution is 2.61. The molecule has 1 aromatic rings. The SMILES string of the molecule is COc1ccc(C(=O)OC2C3C=COC(OC4OC(COC(C)=O)C(OC(C)=O)C(OC(C)=O)C4OC(C)=O)C3C3(COC(C)=O)OC23)cc1OC. The van der Waals surface area contributed by atoms with Gasteiger partial charge in [-0.15, -0.1) is 0 Å². The fourth-order valence-corrected chi connectivity index (χ4v) is 6.76. The molecule has 18 heteroatoms. The molecular weight excluding hydrogens is 696 g/mol. The van der Waals surface area contributed by atoms with Gasteiger partial charge in [0.05, 0.1) is 32.0 Å². The molecule has 0 aromatic heterocycles. The van der Waals surface area contributed by atoms with Crippen LogP contribution in [0, 0.1) is 11.8 Å². The van der Waals surface area contributed by atoms with Crippen LogP contribution >= 0.6 is 0 Å². The number of carbonyl (C=O) groups is 6. The number of fused-ring (bicyclic) bond motifs is 3. The topological polar surface area (TPSA) is 216 Å². The second kappa shape index (κ2) is 15.7. The van der Waals surface area contributed by atoms with Gasteiger partial charge < -0.3 is 56.8 Å². The third kappa shape index (κ3) is 8.08. The van der Waals surface area contributed by atoms with Crippen LogP contribution in [0.1, 0.15) is 45.0 Å². The van der Waals surface area contributed by atoms with Gasteiger partial charge in [0.2, 0.25) is 12.6 Å². The highest BCUT2D eigenvalue weighted by Gasteiger charge is 2.78. The average molecular weight is 737 g/mol. The van der Waals surface area contributed by atoms with E-state index in [-0.39, 0.29) is 12.2 Å². The van der Waals surface area contributed by atoms with Crippen LogP contribution in [0.2, 0.25) is 0 Å². The predicted octanol–water partition coefficient (Wildman–Crippen LogP) is 1.15. The first kappa shape index (κ1) is 38.3. The molecule has 1 aliphatic carbocycles. The number of epoxide rings is 1. The Bertz CT molecular complexity index is 1590. The predicted molar refractivity (Wildman–Crippen MR) is 167 cm³/mol. The van der Waals surface area contributed by atoms with Crippen LogP contribution in [-0.2, 0) is 71.3 Å². The molecule has 11 unspecified atom stereocenters. The smallest absolute Gasteiger partial charge is 0.338 e. The van der Waals surface area contributed by atoms with Crippen molar-refractivity contribution >= 4 is 35.8 Å². The maximum Gasteiger partial charge on any atom is 0.338 e. The zero-order valence-electron chi connectivity index (χ0n) is 29.4. The lowest BCUT2D eigenvalue weighted by atomic mass is 9.85. The largest absolute Gasteiger partial charge is 0.493 e. The van der Waals surface area contributed by atoms with Crippen LogP contribution in [0.5, 0.6) is 11.5 Å². The van der Waals surface area contributed by atoms with E-state index in [1.807, 2.05) is 0 Å². The summed E-state index contributed by atoms with van der Waals surface area (Å²) in [7, 11) is 2.88. The van der Waals surface area contributed by atoms with Gasteiger partial charge in [-0.25, -0.2) is 4.79 Å². The molecule has 0 N–H and O–H groups in total. The van der Waals surface area contributed by atoms with Gasteiger partial charge in [0, 0.05) is 40.5 Å². The van der Waals surface area contributed by atoms with Gasteiger partial charge >= 0.3 is 35.8 Å². The minimum Gasteiger partial charge on any atom is -0.493 e. The molecule has 4 aliphatic rings. The summed E-state index contributed by atoms with van der Waals surface area (Å²) in [5, 5.41) is 0. The number of ether oxygens (including phenoxy) is 12. The van der Waals surface area contributed by atoms with E-state index in [0.717, 1.165) is 27.7 Å². The van der Waals surface area contributed by atoms with Crippen molar-refractivity contribution in [2.75, 3.05) is 27.4 Å². The van der Waals surface area contributed by atoms with Crippen molar-refractivity contribution in [3.05, 3.63) is 36.1 Å². The normalized spacial score (nSPS) is 32.4. The van der Waals surface area contributed by atoms with E-state index in [0.29, 0.717) is 11.5 Å². The summed E-state index contributed by atoms with van der Waals surface area (Å²) in [6.07, 6.45) is -7.41. The van der Waals surface area contributed by atoms with Crippen molar-refractivity contribution in [3.63, 3.8) is 0 Å². The number of esters is 6. The van der Waals surface area contributed by atoms with E-state index in [1.165, 1.54) is 39.5 Å². The second-order valence-corrected chi connectivity index (χ2v) is 12.4. The minimum atomic E-state index is -1.60. The molecule has 18 nitrogen and oxygen atoms in total. The molecule has 1 saturated carbocycles. The van der Waals surface area contributed by atoms with Gasteiger partial charge in [-0.2, -0.15) is 0 Å². The summed E-state index contributed by atoms with van der Waals surface area (Å²) >= 11 is 0. The third-order valence-electron chi connectivity index (χ3n) is 8.81. The average Bonchev–Trinajstić information content (AvgIpc) is 3.75. The summed E-state index contributed by atoms with van der Waals surface area (Å²) < 4.78 is 68.1. The van der Waals surface area contributed by atoms with Gasteiger partial charge in [0.25, 0.3) is 0 Å². The van der Waals surface area contributed by atoms with Crippen LogP contribution in [0.25, 0.3) is 0 Å². The maximum absolute atomic E-state index is 13.5. The lowest BCUT2D eigenvalue weighted by Crippen LogP contribution is -2.64. The van der Waals surface area contributed by atoms with Gasteiger partial charge in [-0.3, -0.25) is 24.0 Å². The lowest BCUT2D eigenvalue weighted by molar-refractivity contribution is -0.346. The molecule has 3 heterocycles. The van der Waals surface area contributed by atoms with E-state index in [4.69, 9.17) is 56.8 Å². The highest BCUT2D eigenvalue weighted by molar-refractivity contribution is 5.90. The molecule has 5 rings (SSSR count). The monoisotopic (exact) mass is 736 g/mol. The van der Waals surface area contributed by atoms with Gasteiger partial charge in [0.1, 0.15) is 37.1 Å². The molecular formula is C34H40O18. The zero-order chi connectivity index (χ0) is 37.9. The Balaban J connectivity index is 1.47. The Morgan fingerprint density at radius 2 is 1.35 bits per heavy atom. The quantitative estimate of drug-likeness (QED) is 0.158. The number of hydrogen-bond acceptors (Lipinski definition) is 18. The fourth-order valence-electron chi connectivity index (χ4n) is 6.76. The first-order valence-electron chi connectivity index (χ1n) is 16.2. The van der Waals surface area contributed by atoms with Crippen molar-refractivity contribution in [2.45, 2.75) is 89.4 Å². The van der Waals surface area contributed by atoms with E-state index in [1.54, 1.807) is 12.1 Å². The first-order valence-corrected chi connectivity index (χ1v) is 16.2. The van der Waals surface area contributed by atoms with Crippen LogP contribution in [0.3, 0.4) is 0 Å². The zero-order valence-corrected chi connectivity index (χ0v) is 29.4. The molecule has 11 atom stereocenters. The molecule has 3 aliphatic heterocycles. The van der Waals surface area contributed by atoms with Crippen LogP contribution < -0.4 is 9.47 Å². The van der Waals surface area contributed by atoms with Crippen molar-refractivity contribution in [1.29, 1.82) is 0 Å². The third-order valence-corrected chi connectivity index (χ3v) is 8.81. The minimum absolute atomic E-state index is 0.161. The summed E-state index contributed by atoms with van der Waals surface area (Å²) in [6, 6.07) is 4.52. The standard InChI is InChI=1S/C34H40O18/c1-15(35)44-13-24-27(46-17(3)37)28(47-18(4)38)29(48-19(5)39)33(49-24)51-32-25-21(10-11-43-32)26(30-34(25,52-30)14-45-16(2)36)50-31(40)20-8-9-22(41-6)23(12-20)42-7/h8-12,21,24-30,32-33H,13-14H2,1-7H3. The molecule has 52 heavy (non-hydrogen) atoms. The second-order valence-electron chi connectivity index (χ2n) is 12.4. The number of benzene rings is 1. The summed E-state index contributed by atoms with van der Waals surface area (Å²) in [6.45, 7) is 4.90. The molecule has 0 radical (unpaired) electrons. The van der Waals surface area contributed by atoms with Crippen LogP contribution in [0.15, 0.2) is 30.5 Å². The summed E-state index contributed by atoms with van der Waals surface area (Å²) in [5.41, 5.74) is -1.11. The summed E-state index contributed by atoms with van der Waals surface area (Å²) in [4.78, 5) is 74.0. The van der Waals surface area contributed by atoms with Crippen LogP contribution in [0.4, 0.5) is 0 Å². The van der Waals surface area contributed by atoms with E-state index in [9.17, 15) is 28.8 Å². The van der Waals surface area contributed by atoms with E-state index in [2.05, 4.69) is 0 Å². The molecule has 1 aromatic carbocycles. The molecule has 3 fully saturated rings. The van der Waals surface area contributed by atoms with E-state index < -0.39 is 109 Å². The first-order chi connectivity index (χ1) is 24.7. The van der Waals surface area contributed by atoms with Gasteiger partial charge in [-0.1, -0.05) is 0 Å². The van der Waals surface area contributed by atoms with Crippen molar-refractivity contribution in [3.8, 4) is 11.5 Å². The van der Waals surface area contributed by atoms with Gasteiger partial charge in [-0.05, 0) is 24.3 Å². The number of hydrogen-bond donors (Lipinski definition) is 0. The van der Waals surface area contributed by atoms with Crippen LogP contribution in [-0.4, -0.2) is 118 Å². The van der Waals surface area contributed by atoms with Gasteiger partial charge in [0.15, 0.2) is 29.8 Å². The Morgan fingerprint density at radius 3 is 1.96 bits per heavy atom. The number of rotatable bonds is 13. The van der Waals surface area contributed by atoms with Crippen molar-refractivity contribution < 1.29 is 85.6 Å². The molecule has 0 bridgehead atoms. The summed E-state index contributed by atoms with van der Waals surface area (Å²) in [5.74, 6) is -5.23. The Kier molecular flexibility index (Phi) is 11.6. The molecule has 0 amide bonds.